The molecule has 1 saturated heterocycles. The summed E-state index contributed by atoms with van der Waals surface area (Å²) < 4.78 is 13.8. The van der Waals surface area contributed by atoms with Crippen LogP contribution < -0.4 is 5.32 Å². The van der Waals surface area contributed by atoms with Crippen molar-refractivity contribution in [2.24, 2.45) is 0 Å². The van der Waals surface area contributed by atoms with Gasteiger partial charge in [-0.05, 0) is 31.7 Å². The molecule has 0 spiro atoms. The molecule has 6 heteroatoms. The third kappa shape index (κ3) is 2.82. The number of halogens is 1. The second-order valence-corrected chi connectivity index (χ2v) is 6.60. The quantitative estimate of drug-likeness (QED) is 0.883. The number of likely N-dealkylation sites (tertiary alicyclic amines) is 1. The number of benzene rings is 1. The Balaban J connectivity index is 1.33. The molecule has 5 nitrogen and oxygen atoms in total. The van der Waals surface area contributed by atoms with Crippen molar-refractivity contribution in [3.8, 4) is 0 Å². The van der Waals surface area contributed by atoms with Gasteiger partial charge in [-0.3, -0.25) is 14.8 Å². The predicted octanol–water partition coefficient (Wildman–Crippen LogP) is 2.04. The van der Waals surface area contributed by atoms with E-state index in [1.54, 1.807) is 6.07 Å². The van der Waals surface area contributed by atoms with Crippen LogP contribution in [0.15, 0.2) is 24.3 Å². The van der Waals surface area contributed by atoms with E-state index in [0.29, 0.717) is 24.3 Å². The van der Waals surface area contributed by atoms with Gasteiger partial charge in [0.05, 0.1) is 0 Å². The number of amides is 1. The minimum Gasteiger partial charge on any atom is -0.349 e. The molecule has 24 heavy (non-hydrogen) atoms. The topological polar surface area (TPSA) is 61.0 Å². The SMILES string of the molecule is O=C(NCC1CCN1Cc1ccccc1F)c1n[nH]c2c1CCC2. The number of nitrogens with zero attached hydrogens (tertiary/aromatic N) is 2. The summed E-state index contributed by atoms with van der Waals surface area (Å²) in [5.41, 5.74) is 3.43. The van der Waals surface area contributed by atoms with Crippen LogP contribution >= 0.6 is 0 Å². The lowest BCUT2D eigenvalue weighted by Crippen LogP contribution is -2.52. The lowest BCUT2D eigenvalue weighted by molar-refractivity contribution is 0.0721. The number of nitrogens with one attached hydrogen (secondary N) is 2. The van der Waals surface area contributed by atoms with Crippen molar-refractivity contribution in [3.63, 3.8) is 0 Å². The van der Waals surface area contributed by atoms with Gasteiger partial charge < -0.3 is 5.32 Å². The average Bonchev–Trinajstić information content (AvgIpc) is 3.16. The van der Waals surface area contributed by atoms with Gasteiger partial charge in [-0.15, -0.1) is 0 Å². The van der Waals surface area contributed by atoms with Gasteiger partial charge in [0, 0.05) is 42.5 Å². The molecule has 1 unspecified atom stereocenters. The summed E-state index contributed by atoms with van der Waals surface area (Å²) in [6, 6.07) is 7.13. The Morgan fingerprint density at radius 2 is 2.25 bits per heavy atom. The van der Waals surface area contributed by atoms with E-state index in [1.165, 1.54) is 6.07 Å². The largest absolute Gasteiger partial charge is 0.349 e. The Labute approximate surface area is 140 Å². The van der Waals surface area contributed by atoms with Gasteiger partial charge in [0.25, 0.3) is 5.91 Å². The van der Waals surface area contributed by atoms with E-state index in [1.807, 2.05) is 12.1 Å². The highest BCUT2D eigenvalue weighted by Gasteiger charge is 2.30. The number of rotatable bonds is 5. The summed E-state index contributed by atoms with van der Waals surface area (Å²) in [5.74, 6) is -0.272. The van der Waals surface area contributed by atoms with Gasteiger partial charge in [-0.25, -0.2) is 4.39 Å². The summed E-state index contributed by atoms with van der Waals surface area (Å²) in [5, 5.41) is 10.1. The second-order valence-electron chi connectivity index (χ2n) is 6.60. The molecule has 2 heterocycles. The van der Waals surface area contributed by atoms with E-state index >= 15 is 0 Å². The molecule has 1 aromatic carbocycles. The lowest BCUT2D eigenvalue weighted by Gasteiger charge is -2.41. The van der Waals surface area contributed by atoms with Crippen molar-refractivity contribution >= 4 is 5.91 Å². The molecule has 1 aliphatic heterocycles. The molecule has 1 atom stereocenters. The first-order chi connectivity index (χ1) is 11.7. The highest BCUT2D eigenvalue weighted by Crippen LogP contribution is 2.23. The van der Waals surface area contributed by atoms with Gasteiger partial charge in [-0.2, -0.15) is 5.10 Å². The fraction of sp³-hybridized carbons (Fsp3) is 0.444. The summed E-state index contributed by atoms with van der Waals surface area (Å²) in [4.78, 5) is 14.6. The molecule has 0 bridgehead atoms. The van der Waals surface area contributed by atoms with Crippen LogP contribution in [0.1, 0.15) is 40.2 Å². The molecule has 1 amide bonds. The first-order valence-electron chi connectivity index (χ1n) is 8.54. The van der Waals surface area contributed by atoms with E-state index in [-0.39, 0.29) is 17.8 Å². The van der Waals surface area contributed by atoms with Crippen molar-refractivity contribution in [2.75, 3.05) is 13.1 Å². The Hall–Kier alpha value is -2.21. The zero-order chi connectivity index (χ0) is 16.5. The molecule has 2 aromatic rings. The first-order valence-corrected chi connectivity index (χ1v) is 8.54. The zero-order valence-electron chi connectivity index (χ0n) is 13.5. The average molecular weight is 328 g/mol. The minimum absolute atomic E-state index is 0.104. The number of carbonyl (C=O) groups is 1. The highest BCUT2D eigenvalue weighted by molar-refractivity contribution is 5.94. The third-order valence-corrected chi connectivity index (χ3v) is 5.12. The predicted molar refractivity (Wildman–Crippen MR) is 88.2 cm³/mol. The van der Waals surface area contributed by atoms with Gasteiger partial charge in [-0.1, -0.05) is 18.2 Å². The molecule has 2 N–H and O–H groups in total. The molecular formula is C18H21FN4O. The lowest BCUT2D eigenvalue weighted by atomic mass is 10.0. The number of hydrogen-bond acceptors (Lipinski definition) is 3. The normalized spacial score (nSPS) is 19.8. The molecule has 1 aliphatic carbocycles. The Kier molecular flexibility index (Phi) is 4.06. The molecule has 0 saturated carbocycles. The van der Waals surface area contributed by atoms with Crippen LogP contribution in [0.25, 0.3) is 0 Å². The number of aryl methyl sites for hydroxylation is 1. The van der Waals surface area contributed by atoms with Crippen LogP contribution in [0.4, 0.5) is 4.39 Å². The maximum absolute atomic E-state index is 13.8. The van der Waals surface area contributed by atoms with Crippen LogP contribution in [-0.2, 0) is 19.4 Å². The number of fused-ring (bicyclic) bond motifs is 1. The Morgan fingerprint density at radius 3 is 3.04 bits per heavy atom. The van der Waals surface area contributed by atoms with Gasteiger partial charge in [0.1, 0.15) is 5.82 Å². The van der Waals surface area contributed by atoms with Crippen molar-refractivity contribution in [2.45, 2.75) is 38.3 Å². The second kappa shape index (κ2) is 6.36. The van der Waals surface area contributed by atoms with E-state index < -0.39 is 0 Å². The molecule has 1 fully saturated rings. The summed E-state index contributed by atoms with van der Waals surface area (Å²) in [6.07, 6.45) is 4.02. The number of carbonyl (C=O) groups excluding carboxylic acids is 1. The van der Waals surface area contributed by atoms with E-state index in [9.17, 15) is 9.18 Å². The Morgan fingerprint density at radius 1 is 1.38 bits per heavy atom. The molecular weight excluding hydrogens is 307 g/mol. The number of H-pyrrole nitrogens is 1. The van der Waals surface area contributed by atoms with Crippen LogP contribution in [0.5, 0.6) is 0 Å². The fourth-order valence-electron chi connectivity index (χ4n) is 3.58. The van der Waals surface area contributed by atoms with Crippen LogP contribution in [0.3, 0.4) is 0 Å². The maximum Gasteiger partial charge on any atom is 0.272 e. The van der Waals surface area contributed by atoms with E-state index in [0.717, 1.165) is 43.5 Å². The number of hydrogen-bond donors (Lipinski definition) is 2. The smallest absolute Gasteiger partial charge is 0.272 e. The van der Waals surface area contributed by atoms with Crippen LogP contribution in [0.2, 0.25) is 0 Å². The van der Waals surface area contributed by atoms with Gasteiger partial charge >= 0.3 is 0 Å². The van der Waals surface area contributed by atoms with Crippen molar-refractivity contribution in [1.82, 2.24) is 20.4 Å². The molecule has 4 rings (SSSR count). The van der Waals surface area contributed by atoms with Crippen molar-refractivity contribution in [1.29, 1.82) is 0 Å². The molecule has 1 aromatic heterocycles. The number of aromatic amines is 1. The van der Waals surface area contributed by atoms with E-state index in [2.05, 4.69) is 20.4 Å². The van der Waals surface area contributed by atoms with Crippen LogP contribution in [-0.4, -0.2) is 40.1 Å². The summed E-state index contributed by atoms with van der Waals surface area (Å²) in [7, 11) is 0. The molecule has 2 aliphatic rings. The van der Waals surface area contributed by atoms with Gasteiger partial charge in [0.2, 0.25) is 0 Å². The first kappa shape index (κ1) is 15.3. The van der Waals surface area contributed by atoms with E-state index in [4.69, 9.17) is 0 Å². The summed E-state index contributed by atoms with van der Waals surface area (Å²) in [6.45, 7) is 2.10. The molecule has 0 radical (unpaired) electrons. The van der Waals surface area contributed by atoms with Crippen LogP contribution in [0, 0.1) is 5.82 Å². The van der Waals surface area contributed by atoms with Crippen molar-refractivity contribution in [3.05, 3.63) is 52.6 Å². The minimum atomic E-state index is -0.167. The van der Waals surface area contributed by atoms with Crippen molar-refractivity contribution < 1.29 is 9.18 Å². The third-order valence-electron chi connectivity index (χ3n) is 5.12. The molecule has 126 valence electrons. The summed E-state index contributed by atoms with van der Waals surface area (Å²) >= 11 is 0. The van der Waals surface area contributed by atoms with Gasteiger partial charge in [0.15, 0.2) is 5.69 Å². The standard InChI is InChI=1S/C18H21FN4O/c19-15-6-2-1-4-12(15)11-23-9-8-13(23)10-20-18(24)17-14-5-3-7-16(14)21-22-17/h1-2,4,6,13H,3,5,7-11H2,(H,20,24)(H,21,22). The fourth-order valence-corrected chi connectivity index (χ4v) is 3.58. The Bertz CT molecular complexity index is 757. The monoisotopic (exact) mass is 328 g/mol. The number of aromatic nitrogens is 2. The maximum atomic E-state index is 13.8. The highest BCUT2D eigenvalue weighted by atomic mass is 19.1. The zero-order valence-corrected chi connectivity index (χ0v) is 13.5.